The Labute approximate surface area is 147 Å². The molecule has 3 unspecified atom stereocenters. The molecule has 2 aromatic rings. The van der Waals surface area contributed by atoms with Gasteiger partial charge in [-0.25, -0.2) is 0 Å². The molecule has 1 heterocycles. The fourth-order valence-electron chi connectivity index (χ4n) is 4.04. The van der Waals surface area contributed by atoms with E-state index in [1.54, 1.807) is 7.11 Å². The summed E-state index contributed by atoms with van der Waals surface area (Å²) < 4.78 is 5.40. The second-order valence-electron chi connectivity index (χ2n) is 6.74. The highest BCUT2D eigenvalue weighted by molar-refractivity contribution is 5.89. The van der Waals surface area contributed by atoms with Crippen molar-refractivity contribution in [2.45, 2.75) is 25.3 Å². The van der Waals surface area contributed by atoms with Crippen LogP contribution < -0.4 is 15.4 Å². The molecule has 0 bridgehead atoms. The molecule has 2 aromatic carbocycles. The van der Waals surface area contributed by atoms with Gasteiger partial charge in [-0.1, -0.05) is 24.3 Å². The minimum Gasteiger partial charge on any atom is -0.497 e. The van der Waals surface area contributed by atoms with Gasteiger partial charge in [-0.2, -0.15) is 0 Å². The number of amides is 1. The monoisotopic (exact) mass is 334 g/mol. The standard InChI is InChI=1S/C21H22N2O2/c1-13(24)22-15-9-10-20-19(12-15)17-7-4-8-18(17)21(23-20)14-5-3-6-16(11-14)25-2/h3-7,9-12,17-18,21,23H,8H2,1-2H3,(H,22,24). The molecular formula is C21H22N2O2. The van der Waals surface area contributed by atoms with Crippen LogP contribution in [0.4, 0.5) is 11.4 Å². The molecular weight excluding hydrogens is 312 g/mol. The Kier molecular flexibility index (Phi) is 3.96. The van der Waals surface area contributed by atoms with Gasteiger partial charge in [0.05, 0.1) is 13.2 Å². The zero-order valence-corrected chi connectivity index (χ0v) is 14.5. The van der Waals surface area contributed by atoms with Gasteiger partial charge in [-0.3, -0.25) is 4.79 Å². The summed E-state index contributed by atoms with van der Waals surface area (Å²) in [5.41, 5.74) is 4.49. The molecule has 4 rings (SSSR count). The Morgan fingerprint density at radius 1 is 1.24 bits per heavy atom. The van der Waals surface area contributed by atoms with Crippen molar-refractivity contribution in [3.63, 3.8) is 0 Å². The first-order valence-corrected chi connectivity index (χ1v) is 8.64. The highest BCUT2D eigenvalue weighted by atomic mass is 16.5. The van der Waals surface area contributed by atoms with Gasteiger partial charge in [0, 0.05) is 24.2 Å². The maximum Gasteiger partial charge on any atom is 0.221 e. The fraction of sp³-hybridized carbons (Fsp3) is 0.286. The Morgan fingerprint density at radius 2 is 2.12 bits per heavy atom. The van der Waals surface area contributed by atoms with E-state index in [1.165, 1.54) is 18.1 Å². The first-order chi connectivity index (χ1) is 12.2. The lowest BCUT2D eigenvalue weighted by Crippen LogP contribution is -2.29. The number of methoxy groups -OCH3 is 1. The van der Waals surface area contributed by atoms with Crippen molar-refractivity contribution in [2.75, 3.05) is 17.7 Å². The van der Waals surface area contributed by atoms with Crippen LogP contribution in [0.5, 0.6) is 5.75 Å². The van der Waals surface area contributed by atoms with Crippen LogP contribution >= 0.6 is 0 Å². The summed E-state index contributed by atoms with van der Waals surface area (Å²) in [6, 6.07) is 14.7. The molecule has 25 heavy (non-hydrogen) atoms. The summed E-state index contributed by atoms with van der Waals surface area (Å²) in [6.45, 7) is 1.54. The third-order valence-electron chi connectivity index (χ3n) is 5.14. The number of carbonyl (C=O) groups excluding carboxylic acids is 1. The summed E-state index contributed by atoms with van der Waals surface area (Å²) in [4.78, 5) is 11.4. The van der Waals surface area contributed by atoms with E-state index in [2.05, 4.69) is 47.1 Å². The number of fused-ring (bicyclic) bond motifs is 3. The summed E-state index contributed by atoms with van der Waals surface area (Å²) in [7, 11) is 1.70. The maximum atomic E-state index is 11.4. The molecule has 1 aliphatic heterocycles. The summed E-state index contributed by atoms with van der Waals surface area (Å²) in [6.07, 6.45) is 5.61. The van der Waals surface area contributed by atoms with Crippen molar-refractivity contribution < 1.29 is 9.53 Å². The Balaban J connectivity index is 1.72. The first-order valence-electron chi connectivity index (χ1n) is 8.64. The molecule has 2 aliphatic rings. The molecule has 0 saturated heterocycles. The lowest BCUT2D eigenvalue weighted by Gasteiger charge is -2.37. The largest absolute Gasteiger partial charge is 0.497 e. The van der Waals surface area contributed by atoms with Crippen LogP contribution in [0.3, 0.4) is 0 Å². The molecule has 4 nitrogen and oxygen atoms in total. The van der Waals surface area contributed by atoms with E-state index in [1.807, 2.05) is 18.2 Å². The number of ether oxygens (including phenoxy) is 1. The molecule has 2 N–H and O–H groups in total. The SMILES string of the molecule is COc1cccc(C2Nc3ccc(NC(C)=O)cc3C3C=CCC32)c1. The van der Waals surface area contributed by atoms with Crippen molar-refractivity contribution in [2.24, 2.45) is 5.92 Å². The van der Waals surface area contributed by atoms with Crippen LogP contribution in [0.2, 0.25) is 0 Å². The molecule has 0 radical (unpaired) electrons. The number of nitrogens with one attached hydrogen (secondary N) is 2. The van der Waals surface area contributed by atoms with Gasteiger partial charge < -0.3 is 15.4 Å². The zero-order valence-electron chi connectivity index (χ0n) is 14.5. The first kappa shape index (κ1) is 15.8. The van der Waals surface area contributed by atoms with Gasteiger partial charge in [-0.05, 0) is 53.8 Å². The molecule has 0 saturated carbocycles. The van der Waals surface area contributed by atoms with Crippen molar-refractivity contribution in [3.8, 4) is 5.75 Å². The van der Waals surface area contributed by atoms with Crippen LogP contribution in [0.15, 0.2) is 54.6 Å². The van der Waals surface area contributed by atoms with Gasteiger partial charge in [0.25, 0.3) is 0 Å². The maximum absolute atomic E-state index is 11.4. The minimum atomic E-state index is -0.0449. The molecule has 0 aromatic heterocycles. The number of hydrogen-bond donors (Lipinski definition) is 2. The van der Waals surface area contributed by atoms with Gasteiger partial charge in [0.15, 0.2) is 0 Å². The van der Waals surface area contributed by atoms with Crippen molar-refractivity contribution in [1.82, 2.24) is 0 Å². The van der Waals surface area contributed by atoms with E-state index in [9.17, 15) is 4.79 Å². The predicted molar refractivity (Wildman–Crippen MR) is 100 cm³/mol. The van der Waals surface area contributed by atoms with Crippen LogP contribution in [0.25, 0.3) is 0 Å². The molecule has 0 spiro atoms. The van der Waals surface area contributed by atoms with E-state index >= 15 is 0 Å². The molecule has 4 heteroatoms. The lowest BCUT2D eigenvalue weighted by atomic mass is 9.77. The lowest BCUT2D eigenvalue weighted by molar-refractivity contribution is -0.114. The molecule has 0 fully saturated rings. The van der Waals surface area contributed by atoms with E-state index in [0.717, 1.165) is 23.5 Å². The second-order valence-corrected chi connectivity index (χ2v) is 6.74. The fourth-order valence-corrected chi connectivity index (χ4v) is 4.04. The number of rotatable bonds is 3. The average molecular weight is 334 g/mol. The molecule has 1 aliphatic carbocycles. The van der Waals surface area contributed by atoms with Gasteiger partial charge >= 0.3 is 0 Å². The van der Waals surface area contributed by atoms with Crippen molar-refractivity contribution in [1.29, 1.82) is 0 Å². The van der Waals surface area contributed by atoms with Gasteiger partial charge in [-0.15, -0.1) is 0 Å². The van der Waals surface area contributed by atoms with E-state index in [4.69, 9.17) is 4.74 Å². The van der Waals surface area contributed by atoms with E-state index in [-0.39, 0.29) is 11.9 Å². The molecule has 3 atom stereocenters. The Morgan fingerprint density at radius 3 is 2.92 bits per heavy atom. The van der Waals surface area contributed by atoms with Gasteiger partial charge in [0.2, 0.25) is 5.91 Å². The smallest absolute Gasteiger partial charge is 0.221 e. The number of carbonyl (C=O) groups is 1. The van der Waals surface area contributed by atoms with Crippen LogP contribution in [-0.2, 0) is 4.79 Å². The second kappa shape index (κ2) is 6.28. The van der Waals surface area contributed by atoms with Gasteiger partial charge in [0.1, 0.15) is 5.75 Å². The third kappa shape index (κ3) is 2.88. The van der Waals surface area contributed by atoms with Crippen LogP contribution in [0, 0.1) is 5.92 Å². The van der Waals surface area contributed by atoms with Crippen molar-refractivity contribution >= 4 is 17.3 Å². The highest BCUT2D eigenvalue weighted by Gasteiger charge is 2.38. The quantitative estimate of drug-likeness (QED) is 0.814. The minimum absolute atomic E-state index is 0.0449. The zero-order chi connectivity index (χ0) is 17.4. The average Bonchev–Trinajstić information content (AvgIpc) is 3.11. The van der Waals surface area contributed by atoms with Crippen LogP contribution in [0.1, 0.15) is 36.4 Å². The van der Waals surface area contributed by atoms with Crippen molar-refractivity contribution in [3.05, 3.63) is 65.7 Å². The number of hydrogen-bond acceptors (Lipinski definition) is 3. The summed E-state index contributed by atoms with van der Waals surface area (Å²) in [5, 5.41) is 6.59. The predicted octanol–water partition coefficient (Wildman–Crippen LogP) is 4.48. The third-order valence-corrected chi connectivity index (χ3v) is 5.14. The molecule has 128 valence electrons. The number of anilines is 2. The number of benzene rings is 2. The summed E-state index contributed by atoms with van der Waals surface area (Å²) in [5.74, 6) is 1.67. The molecule has 1 amide bonds. The topological polar surface area (TPSA) is 50.4 Å². The Hall–Kier alpha value is -2.75. The van der Waals surface area contributed by atoms with Crippen LogP contribution in [-0.4, -0.2) is 13.0 Å². The van der Waals surface area contributed by atoms with E-state index in [0.29, 0.717) is 11.8 Å². The van der Waals surface area contributed by atoms with E-state index < -0.39 is 0 Å². The highest BCUT2D eigenvalue weighted by Crippen LogP contribution is 2.50. The number of allylic oxidation sites excluding steroid dienone is 2. The Bertz CT molecular complexity index is 844. The normalized spacial score (nSPS) is 23.4. The summed E-state index contributed by atoms with van der Waals surface area (Å²) >= 11 is 0.